The Labute approximate surface area is 156 Å². The molecule has 0 aliphatic rings. The van der Waals surface area contributed by atoms with E-state index in [9.17, 15) is 9.59 Å². The third-order valence-electron chi connectivity index (χ3n) is 3.91. The van der Waals surface area contributed by atoms with Gasteiger partial charge in [0.05, 0.1) is 6.42 Å². The first-order valence-corrected chi connectivity index (χ1v) is 8.38. The molecule has 0 fully saturated rings. The molecule has 1 amide bonds. The molecule has 0 unspecified atom stereocenters. The van der Waals surface area contributed by atoms with E-state index in [1.807, 2.05) is 24.3 Å². The highest BCUT2D eigenvalue weighted by Crippen LogP contribution is 2.23. The van der Waals surface area contributed by atoms with Gasteiger partial charge in [0, 0.05) is 16.3 Å². The van der Waals surface area contributed by atoms with Gasteiger partial charge in [0.25, 0.3) is 5.91 Å². The number of anilines is 1. The van der Waals surface area contributed by atoms with Gasteiger partial charge < -0.3 is 10.4 Å². The molecule has 0 saturated carbocycles. The van der Waals surface area contributed by atoms with Gasteiger partial charge >= 0.3 is 5.97 Å². The summed E-state index contributed by atoms with van der Waals surface area (Å²) >= 11 is 5.92. The number of halogens is 1. The zero-order chi connectivity index (χ0) is 18.5. The lowest BCUT2D eigenvalue weighted by molar-refractivity contribution is -0.136. The first-order valence-electron chi connectivity index (χ1n) is 8.00. The Kier molecular flexibility index (Phi) is 5.34. The highest BCUT2D eigenvalue weighted by atomic mass is 35.5. The number of carbonyl (C=O) groups is 2. The number of aliphatic carboxylic acids is 1. The van der Waals surface area contributed by atoms with Crippen LogP contribution < -0.4 is 5.32 Å². The Balaban J connectivity index is 1.84. The Morgan fingerprint density at radius 3 is 2.35 bits per heavy atom. The van der Waals surface area contributed by atoms with Gasteiger partial charge in [-0.15, -0.1) is 0 Å². The van der Waals surface area contributed by atoms with Gasteiger partial charge in [-0.2, -0.15) is 0 Å². The summed E-state index contributed by atoms with van der Waals surface area (Å²) in [4.78, 5) is 23.6. The zero-order valence-electron chi connectivity index (χ0n) is 13.8. The Morgan fingerprint density at radius 1 is 0.885 bits per heavy atom. The fourth-order valence-electron chi connectivity index (χ4n) is 2.64. The van der Waals surface area contributed by atoms with Gasteiger partial charge in [0.1, 0.15) is 0 Å². The fraction of sp³-hybridized carbons (Fsp3) is 0.0476. The number of amides is 1. The van der Waals surface area contributed by atoms with Crippen molar-refractivity contribution in [1.29, 1.82) is 0 Å². The van der Waals surface area contributed by atoms with Crippen LogP contribution in [0, 0.1) is 0 Å². The highest BCUT2D eigenvalue weighted by molar-refractivity contribution is 6.30. The summed E-state index contributed by atoms with van der Waals surface area (Å²) in [7, 11) is 0. The second-order valence-corrected chi connectivity index (χ2v) is 6.21. The molecular weight excluding hydrogens is 350 g/mol. The van der Waals surface area contributed by atoms with Crippen LogP contribution in [0.3, 0.4) is 0 Å². The summed E-state index contributed by atoms with van der Waals surface area (Å²) < 4.78 is 0. The SMILES string of the molecule is O=C(O)Cc1ccccc1NC(=O)c1cccc(-c2ccc(Cl)cc2)c1. The van der Waals surface area contributed by atoms with E-state index < -0.39 is 5.97 Å². The number of carboxylic acids is 1. The molecule has 5 heteroatoms. The van der Waals surface area contributed by atoms with E-state index in [-0.39, 0.29) is 12.3 Å². The maximum Gasteiger partial charge on any atom is 0.307 e. The minimum atomic E-state index is -0.948. The van der Waals surface area contributed by atoms with Gasteiger partial charge in [0.2, 0.25) is 0 Å². The van der Waals surface area contributed by atoms with Crippen LogP contribution >= 0.6 is 11.6 Å². The lowest BCUT2D eigenvalue weighted by atomic mass is 10.0. The maximum absolute atomic E-state index is 12.6. The van der Waals surface area contributed by atoms with E-state index in [0.717, 1.165) is 11.1 Å². The fourth-order valence-corrected chi connectivity index (χ4v) is 2.76. The molecule has 0 saturated heterocycles. The second-order valence-electron chi connectivity index (χ2n) is 5.77. The number of hydrogen-bond donors (Lipinski definition) is 2. The topological polar surface area (TPSA) is 66.4 Å². The summed E-state index contributed by atoms with van der Waals surface area (Å²) in [6.07, 6.45) is -0.152. The molecule has 3 rings (SSSR count). The van der Waals surface area contributed by atoms with Crippen LogP contribution in [-0.2, 0) is 11.2 Å². The molecule has 0 aromatic heterocycles. The first-order chi connectivity index (χ1) is 12.5. The average molecular weight is 366 g/mol. The lowest BCUT2D eigenvalue weighted by Crippen LogP contribution is -2.14. The number of rotatable bonds is 5. The lowest BCUT2D eigenvalue weighted by Gasteiger charge is -2.11. The molecule has 130 valence electrons. The van der Waals surface area contributed by atoms with Crippen LogP contribution in [0.2, 0.25) is 5.02 Å². The van der Waals surface area contributed by atoms with Gasteiger partial charge in [-0.25, -0.2) is 0 Å². The van der Waals surface area contributed by atoms with E-state index in [4.69, 9.17) is 16.7 Å². The van der Waals surface area contributed by atoms with Gasteiger partial charge in [-0.05, 0) is 47.0 Å². The predicted molar refractivity (Wildman–Crippen MR) is 103 cm³/mol. The van der Waals surface area contributed by atoms with Crippen molar-refractivity contribution in [3.8, 4) is 11.1 Å². The summed E-state index contributed by atoms with van der Waals surface area (Å²) in [5, 5.41) is 12.4. The summed E-state index contributed by atoms with van der Waals surface area (Å²) in [6.45, 7) is 0. The normalized spacial score (nSPS) is 10.3. The van der Waals surface area contributed by atoms with E-state index in [0.29, 0.717) is 21.8 Å². The van der Waals surface area contributed by atoms with Crippen LogP contribution in [-0.4, -0.2) is 17.0 Å². The van der Waals surface area contributed by atoms with Crippen molar-refractivity contribution >= 4 is 29.2 Å². The van der Waals surface area contributed by atoms with Crippen molar-refractivity contribution in [2.24, 2.45) is 0 Å². The standard InChI is InChI=1S/C21H16ClNO3/c22-18-10-8-14(9-11-18)15-5-3-6-17(12-15)21(26)23-19-7-2-1-4-16(19)13-20(24)25/h1-12H,13H2,(H,23,26)(H,24,25). The largest absolute Gasteiger partial charge is 0.481 e. The maximum atomic E-state index is 12.6. The summed E-state index contributed by atoms with van der Waals surface area (Å²) in [6, 6.07) is 21.5. The highest BCUT2D eigenvalue weighted by Gasteiger charge is 2.11. The molecule has 0 atom stereocenters. The summed E-state index contributed by atoms with van der Waals surface area (Å²) in [5.41, 5.74) is 3.39. The molecule has 0 aliphatic carbocycles. The van der Waals surface area contributed by atoms with Crippen LogP contribution in [0.25, 0.3) is 11.1 Å². The minimum absolute atomic E-state index is 0.152. The molecule has 3 aromatic carbocycles. The monoisotopic (exact) mass is 365 g/mol. The molecule has 0 bridgehead atoms. The minimum Gasteiger partial charge on any atom is -0.481 e. The van der Waals surface area contributed by atoms with Crippen molar-refractivity contribution in [2.45, 2.75) is 6.42 Å². The van der Waals surface area contributed by atoms with E-state index in [1.54, 1.807) is 48.5 Å². The van der Waals surface area contributed by atoms with Crippen LogP contribution in [0.1, 0.15) is 15.9 Å². The molecule has 0 heterocycles. The average Bonchev–Trinajstić information content (AvgIpc) is 2.63. The summed E-state index contributed by atoms with van der Waals surface area (Å²) in [5.74, 6) is -1.24. The Bertz CT molecular complexity index is 951. The molecule has 4 nitrogen and oxygen atoms in total. The van der Waals surface area contributed by atoms with Crippen LogP contribution in [0.4, 0.5) is 5.69 Å². The third kappa shape index (κ3) is 4.29. The smallest absolute Gasteiger partial charge is 0.307 e. The third-order valence-corrected chi connectivity index (χ3v) is 4.16. The van der Waals surface area contributed by atoms with Crippen molar-refractivity contribution in [3.05, 3.63) is 88.9 Å². The number of hydrogen-bond acceptors (Lipinski definition) is 2. The number of benzene rings is 3. The van der Waals surface area contributed by atoms with E-state index in [1.165, 1.54) is 0 Å². The number of carboxylic acid groups (broad SMARTS) is 1. The Hall–Kier alpha value is -3.11. The second kappa shape index (κ2) is 7.85. The van der Waals surface area contributed by atoms with Gasteiger partial charge in [0.15, 0.2) is 0 Å². The Morgan fingerprint density at radius 2 is 1.62 bits per heavy atom. The molecule has 26 heavy (non-hydrogen) atoms. The van der Waals surface area contributed by atoms with Crippen molar-refractivity contribution in [3.63, 3.8) is 0 Å². The van der Waals surface area contributed by atoms with Crippen LogP contribution in [0.5, 0.6) is 0 Å². The molecule has 0 aliphatic heterocycles. The van der Waals surface area contributed by atoms with E-state index in [2.05, 4.69) is 5.32 Å². The zero-order valence-corrected chi connectivity index (χ0v) is 14.5. The number of nitrogens with one attached hydrogen (secondary N) is 1. The van der Waals surface area contributed by atoms with Crippen molar-refractivity contribution in [1.82, 2.24) is 0 Å². The number of para-hydroxylation sites is 1. The molecule has 0 radical (unpaired) electrons. The van der Waals surface area contributed by atoms with Crippen molar-refractivity contribution in [2.75, 3.05) is 5.32 Å². The first kappa shape index (κ1) is 17.7. The molecule has 2 N–H and O–H groups in total. The molecule has 3 aromatic rings. The van der Waals surface area contributed by atoms with Gasteiger partial charge in [-0.1, -0.05) is 54.1 Å². The predicted octanol–water partition coefficient (Wildman–Crippen LogP) is 4.89. The van der Waals surface area contributed by atoms with Crippen LogP contribution in [0.15, 0.2) is 72.8 Å². The van der Waals surface area contributed by atoms with Crippen molar-refractivity contribution < 1.29 is 14.7 Å². The molecule has 0 spiro atoms. The van der Waals surface area contributed by atoms with E-state index >= 15 is 0 Å². The molecular formula is C21H16ClNO3. The number of carbonyl (C=O) groups excluding carboxylic acids is 1. The van der Waals surface area contributed by atoms with Gasteiger partial charge in [-0.3, -0.25) is 9.59 Å². The quantitative estimate of drug-likeness (QED) is 0.676.